The number of imide groups is 1. The van der Waals surface area contributed by atoms with Gasteiger partial charge in [0.05, 0.1) is 6.04 Å². The highest BCUT2D eigenvalue weighted by Gasteiger charge is 2.48. The minimum Gasteiger partial charge on any atom is -0.433 e. The number of nitrogens with zero attached hydrogens (tertiary/aromatic N) is 2. The Hall–Kier alpha value is -2.44. The molecule has 0 bridgehead atoms. The smallest absolute Gasteiger partial charge is 0.418 e. The van der Waals surface area contributed by atoms with Gasteiger partial charge in [0.2, 0.25) is 5.91 Å². The predicted molar refractivity (Wildman–Crippen MR) is 82.5 cm³/mol. The first-order chi connectivity index (χ1) is 11.2. The summed E-state index contributed by atoms with van der Waals surface area (Å²) in [6, 6.07) is 4.24. The monoisotopic (exact) mass is 334 g/mol. The number of halogens is 1. The molecule has 0 spiro atoms. The molecule has 3 rings (SSSR count). The van der Waals surface area contributed by atoms with Gasteiger partial charge in [-0.3, -0.25) is 9.59 Å². The number of cyclic esters (lactones) is 1. The third kappa shape index (κ3) is 2.64. The Morgan fingerprint density at radius 2 is 2.08 bits per heavy atom. The lowest BCUT2D eigenvalue weighted by Gasteiger charge is -2.35. The van der Waals surface area contributed by atoms with Crippen molar-refractivity contribution >= 4 is 17.9 Å². The Morgan fingerprint density at radius 3 is 2.71 bits per heavy atom. The van der Waals surface area contributed by atoms with E-state index in [1.54, 1.807) is 11.0 Å². The zero-order chi connectivity index (χ0) is 17.6. The van der Waals surface area contributed by atoms with Crippen LogP contribution in [0.15, 0.2) is 18.2 Å². The first kappa shape index (κ1) is 16.4. The summed E-state index contributed by atoms with van der Waals surface area (Å²) in [4.78, 5) is 38.9. The fraction of sp³-hybridized carbons (Fsp3) is 0.471. The molecule has 2 heterocycles. The van der Waals surface area contributed by atoms with Crippen molar-refractivity contribution in [2.75, 3.05) is 13.1 Å². The van der Waals surface area contributed by atoms with Gasteiger partial charge in [0.1, 0.15) is 12.4 Å². The Bertz CT molecular complexity index is 731. The molecule has 7 heteroatoms. The van der Waals surface area contributed by atoms with Gasteiger partial charge in [0, 0.05) is 6.54 Å². The van der Waals surface area contributed by atoms with Crippen LogP contribution >= 0.6 is 0 Å². The number of hydrogen-bond donors (Lipinski definition) is 0. The predicted octanol–water partition coefficient (Wildman–Crippen LogP) is 2.03. The van der Waals surface area contributed by atoms with Gasteiger partial charge in [-0.1, -0.05) is 6.07 Å². The summed E-state index contributed by atoms with van der Waals surface area (Å²) >= 11 is 0. The van der Waals surface area contributed by atoms with Crippen LogP contribution in [0, 0.1) is 5.82 Å². The van der Waals surface area contributed by atoms with Gasteiger partial charge in [0.25, 0.3) is 5.91 Å². The van der Waals surface area contributed by atoms with Gasteiger partial charge < -0.3 is 9.64 Å². The topological polar surface area (TPSA) is 66.9 Å². The van der Waals surface area contributed by atoms with Crippen LogP contribution in [0.25, 0.3) is 0 Å². The number of fused-ring (bicyclic) bond motifs is 1. The molecule has 3 amide bonds. The molecule has 6 nitrogen and oxygen atoms in total. The average Bonchev–Trinajstić information content (AvgIpc) is 2.70. The summed E-state index contributed by atoms with van der Waals surface area (Å²) in [5.41, 5.74) is 0.511. The second kappa shape index (κ2) is 5.58. The zero-order valence-corrected chi connectivity index (χ0v) is 13.8. The largest absolute Gasteiger partial charge is 0.433 e. The van der Waals surface area contributed by atoms with Crippen molar-refractivity contribution in [3.05, 3.63) is 35.1 Å². The molecule has 0 unspecified atom stereocenters. The Kier molecular flexibility index (Phi) is 3.81. The molecule has 2 aliphatic rings. The van der Waals surface area contributed by atoms with Gasteiger partial charge in [-0.15, -0.1) is 0 Å². The number of carbonyl (C=O) groups is 3. The van der Waals surface area contributed by atoms with Gasteiger partial charge >= 0.3 is 6.09 Å². The Balaban J connectivity index is 1.77. The van der Waals surface area contributed by atoms with Crippen molar-refractivity contribution < 1.29 is 23.5 Å². The molecule has 1 fully saturated rings. The quantitative estimate of drug-likeness (QED) is 0.830. The van der Waals surface area contributed by atoms with Crippen LogP contribution < -0.4 is 0 Å². The molecule has 0 aromatic heterocycles. The van der Waals surface area contributed by atoms with Crippen molar-refractivity contribution in [3.8, 4) is 0 Å². The molecule has 128 valence electrons. The van der Waals surface area contributed by atoms with Gasteiger partial charge in [0.15, 0.2) is 5.60 Å². The maximum absolute atomic E-state index is 13.5. The number of ether oxygens (including phenoxy) is 1. The van der Waals surface area contributed by atoms with Crippen LogP contribution in [0.2, 0.25) is 0 Å². The molecule has 1 aromatic carbocycles. The van der Waals surface area contributed by atoms with Crippen LogP contribution in [0.4, 0.5) is 9.18 Å². The SMILES string of the molecule is C[C@@H]1c2cc(F)ccc2CCN1C(=O)CN1C(=O)OC(C)(C)C1=O. The summed E-state index contributed by atoms with van der Waals surface area (Å²) in [7, 11) is 0. The van der Waals surface area contributed by atoms with Crippen molar-refractivity contribution in [2.45, 2.75) is 38.8 Å². The standard InChI is InChI=1S/C17H19FN2O4/c1-10-13-8-12(18)5-4-11(13)6-7-19(10)14(21)9-20-15(22)17(2,3)24-16(20)23/h4-5,8,10H,6-7,9H2,1-3H3/t10-/m1/s1. The lowest BCUT2D eigenvalue weighted by molar-refractivity contribution is -0.141. The molecule has 1 atom stereocenters. The summed E-state index contributed by atoms with van der Waals surface area (Å²) in [6.07, 6.45) is -0.204. The second-order valence-electron chi connectivity index (χ2n) is 6.63. The molecular formula is C17H19FN2O4. The fourth-order valence-electron chi connectivity index (χ4n) is 3.21. The highest BCUT2D eigenvalue weighted by Crippen LogP contribution is 2.31. The van der Waals surface area contributed by atoms with E-state index in [0.717, 1.165) is 16.0 Å². The van der Waals surface area contributed by atoms with Crippen molar-refractivity contribution in [1.29, 1.82) is 0 Å². The molecule has 1 aromatic rings. The van der Waals surface area contributed by atoms with Gasteiger partial charge in [-0.25, -0.2) is 14.1 Å². The van der Waals surface area contributed by atoms with E-state index in [9.17, 15) is 18.8 Å². The first-order valence-corrected chi connectivity index (χ1v) is 7.83. The molecule has 2 aliphatic heterocycles. The molecule has 0 N–H and O–H groups in total. The molecule has 0 saturated carbocycles. The normalized spacial score (nSPS) is 22.4. The lowest BCUT2D eigenvalue weighted by atomic mass is 9.93. The number of amides is 3. The van der Waals surface area contributed by atoms with Crippen LogP contribution in [-0.4, -0.2) is 46.4 Å². The summed E-state index contributed by atoms with van der Waals surface area (Å²) in [5, 5.41) is 0. The molecule has 0 radical (unpaired) electrons. The Morgan fingerprint density at radius 1 is 1.38 bits per heavy atom. The summed E-state index contributed by atoms with van der Waals surface area (Å²) in [5.74, 6) is -1.24. The van der Waals surface area contributed by atoms with Crippen molar-refractivity contribution in [1.82, 2.24) is 9.80 Å². The van der Waals surface area contributed by atoms with Gasteiger partial charge in [-0.2, -0.15) is 0 Å². The third-order valence-corrected chi connectivity index (χ3v) is 4.58. The van der Waals surface area contributed by atoms with Crippen molar-refractivity contribution in [2.24, 2.45) is 0 Å². The molecule has 24 heavy (non-hydrogen) atoms. The van der Waals surface area contributed by atoms with Crippen LogP contribution in [0.5, 0.6) is 0 Å². The number of carbonyl (C=O) groups excluding carboxylic acids is 3. The number of hydrogen-bond acceptors (Lipinski definition) is 4. The average molecular weight is 334 g/mol. The minimum absolute atomic E-state index is 0.321. The summed E-state index contributed by atoms with van der Waals surface area (Å²) < 4.78 is 18.5. The van der Waals surface area contributed by atoms with E-state index in [1.165, 1.54) is 26.0 Å². The lowest BCUT2D eigenvalue weighted by Crippen LogP contribution is -2.47. The maximum Gasteiger partial charge on any atom is 0.418 e. The highest BCUT2D eigenvalue weighted by molar-refractivity contribution is 6.04. The van der Waals surface area contributed by atoms with E-state index in [4.69, 9.17) is 4.74 Å². The van der Waals surface area contributed by atoms with Crippen LogP contribution in [-0.2, 0) is 20.7 Å². The maximum atomic E-state index is 13.5. The van der Waals surface area contributed by atoms with Crippen LogP contribution in [0.1, 0.15) is 37.9 Å². The number of rotatable bonds is 2. The molecular weight excluding hydrogens is 315 g/mol. The van der Waals surface area contributed by atoms with E-state index in [0.29, 0.717) is 13.0 Å². The Labute approximate surface area is 139 Å². The second-order valence-corrected chi connectivity index (χ2v) is 6.63. The number of benzene rings is 1. The van der Waals surface area contributed by atoms with E-state index < -0.39 is 17.6 Å². The van der Waals surface area contributed by atoms with E-state index in [2.05, 4.69) is 0 Å². The summed E-state index contributed by atoms with van der Waals surface area (Å²) in [6.45, 7) is 4.87. The third-order valence-electron chi connectivity index (χ3n) is 4.58. The zero-order valence-electron chi connectivity index (χ0n) is 13.8. The van der Waals surface area contributed by atoms with Crippen molar-refractivity contribution in [3.63, 3.8) is 0 Å². The highest BCUT2D eigenvalue weighted by atomic mass is 19.1. The molecule has 1 saturated heterocycles. The van der Waals surface area contributed by atoms with Crippen LogP contribution in [0.3, 0.4) is 0 Å². The van der Waals surface area contributed by atoms with Gasteiger partial charge in [-0.05, 0) is 50.5 Å². The minimum atomic E-state index is -1.25. The van der Waals surface area contributed by atoms with E-state index in [1.807, 2.05) is 6.92 Å². The fourth-order valence-corrected chi connectivity index (χ4v) is 3.21. The first-order valence-electron chi connectivity index (χ1n) is 7.83. The van der Waals surface area contributed by atoms with E-state index in [-0.39, 0.29) is 24.3 Å². The molecule has 0 aliphatic carbocycles. The van der Waals surface area contributed by atoms with E-state index >= 15 is 0 Å².